The molecule has 1 aromatic carbocycles. The number of benzene rings is 1. The molecule has 1 unspecified atom stereocenters. The molecule has 6 heteroatoms. The number of carbonyl (C=O) groups excluding carboxylic acids is 1. The molecule has 1 heterocycles. The highest BCUT2D eigenvalue weighted by Crippen LogP contribution is 2.18. The number of fused-ring (bicyclic) bond motifs is 1. The standard InChI is InChI=1S/C16H23N3O3/c1-2-3-5-11(15(17)20)6-4-9-22-12-7-8-13-14(10-12)19-16(21)18-13/h7-8,10-11H,2-6,9H2,1H3,(H2,17,20)(H2,18,19,21). The second kappa shape index (κ2) is 7.68. The van der Waals surface area contributed by atoms with Crippen LogP contribution < -0.4 is 16.2 Å². The van der Waals surface area contributed by atoms with E-state index < -0.39 is 0 Å². The van der Waals surface area contributed by atoms with Gasteiger partial charge in [0.25, 0.3) is 0 Å². The highest BCUT2D eigenvalue weighted by Gasteiger charge is 2.14. The zero-order valence-corrected chi connectivity index (χ0v) is 12.9. The first-order chi connectivity index (χ1) is 10.6. The predicted molar refractivity (Wildman–Crippen MR) is 85.9 cm³/mol. The number of hydrogen-bond acceptors (Lipinski definition) is 3. The van der Waals surface area contributed by atoms with Crippen LogP contribution in [0.3, 0.4) is 0 Å². The molecule has 0 spiro atoms. The second-order valence-electron chi connectivity index (χ2n) is 5.52. The number of primary amides is 1. The molecule has 22 heavy (non-hydrogen) atoms. The van der Waals surface area contributed by atoms with E-state index in [-0.39, 0.29) is 17.5 Å². The minimum Gasteiger partial charge on any atom is -0.494 e. The van der Waals surface area contributed by atoms with E-state index in [0.29, 0.717) is 12.4 Å². The third-order valence-corrected chi connectivity index (χ3v) is 3.76. The van der Waals surface area contributed by atoms with Crippen LogP contribution in [0.25, 0.3) is 11.0 Å². The summed E-state index contributed by atoms with van der Waals surface area (Å²) in [5, 5.41) is 0. The fraction of sp³-hybridized carbons (Fsp3) is 0.500. The third-order valence-electron chi connectivity index (χ3n) is 3.76. The average Bonchev–Trinajstić information content (AvgIpc) is 2.85. The summed E-state index contributed by atoms with van der Waals surface area (Å²) in [4.78, 5) is 27.9. The Kier molecular flexibility index (Phi) is 5.63. The molecule has 0 fully saturated rings. The van der Waals surface area contributed by atoms with Crippen LogP contribution in [0.5, 0.6) is 5.75 Å². The zero-order chi connectivity index (χ0) is 15.9. The summed E-state index contributed by atoms with van der Waals surface area (Å²) >= 11 is 0. The average molecular weight is 305 g/mol. The van der Waals surface area contributed by atoms with Crippen LogP contribution in [0.4, 0.5) is 0 Å². The number of carbonyl (C=O) groups is 1. The van der Waals surface area contributed by atoms with Crippen LogP contribution in [-0.4, -0.2) is 22.5 Å². The van der Waals surface area contributed by atoms with Gasteiger partial charge in [0.2, 0.25) is 5.91 Å². The molecule has 1 amide bonds. The van der Waals surface area contributed by atoms with Crippen LogP contribution in [0, 0.1) is 5.92 Å². The fourth-order valence-electron chi connectivity index (χ4n) is 2.50. The predicted octanol–water partition coefficient (Wildman–Crippen LogP) is 2.31. The first kappa shape index (κ1) is 16.1. The van der Waals surface area contributed by atoms with Gasteiger partial charge in [-0.25, -0.2) is 4.79 Å². The summed E-state index contributed by atoms with van der Waals surface area (Å²) in [6.07, 6.45) is 4.46. The normalized spacial score (nSPS) is 12.4. The van der Waals surface area contributed by atoms with Crippen molar-refractivity contribution in [1.82, 2.24) is 9.97 Å². The van der Waals surface area contributed by atoms with Gasteiger partial charge in [-0.15, -0.1) is 0 Å². The van der Waals surface area contributed by atoms with Crippen LogP contribution >= 0.6 is 0 Å². The van der Waals surface area contributed by atoms with Gasteiger partial charge in [0.05, 0.1) is 17.6 Å². The number of ether oxygens (including phenoxy) is 1. The second-order valence-corrected chi connectivity index (χ2v) is 5.52. The summed E-state index contributed by atoms with van der Waals surface area (Å²) in [5.41, 5.74) is 6.67. The molecule has 0 aliphatic heterocycles. The van der Waals surface area contributed by atoms with Crippen molar-refractivity contribution in [2.75, 3.05) is 6.61 Å². The quantitative estimate of drug-likeness (QED) is 0.620. The van der Waals surface area contributed by atoms with Gasteiger partial charge in [-0.1, -0.05) is 19.8 Å². The monoisotopic (exact) mass is 305 g/mol. The molecule has 0 saturated heterocycles. The fourth-order valence-corrected chi connectivity index (χ4v) is 2.50. The van der Waals surface area contributed by atoms with Crippen molar-refractivity contribution in [1.29, 1.82) is 0 Å². The maximum Gasteiger partial charge on any atom is 0.323 e. The van der Waals surface area contributed by atoms with Gasteiger partial charge in [-0.2, -0.15) is 0 Å². The lowest BCUT2D eigenvalue weighted by Crippen LogP contribution is -2.23. The summed E-state index contributed by atoms with van der Waals surface area (Å²) < 4.78 is 5.67. The van der Waals surface area contributed by atoms with Crippen molar-refractivity contribution < 1.29 is 9.53 Å². The van der Waals surface area contributed by atoms with E-state index in [9.17, 15) is 9.59 Å². The van der Waals surface area contributed by atoms with Crippen LogP contribution in [0.15, 0.2) is 23.0 Å². The molecule has 0 bridgehead atoms. The van der Waals surface area contributed by atoms with Crippen molar-refractivity contribution in [3.8, 4) is 5.75 Å². The maximum atomic E-state index is 11.4. The van der Waals surface area contributed by atoms with Crippen molar-refractivity contribution in [2.45, 2.75) is 39.0 Å². The minimum absolute atomic E-state index is 0.0629. The maximum absolute atomic E-state index is 11.4. The van der Waals surface area contributed by atoms with E-state index in [2.05, 4.69) is 16.9 Å². The van der Waals surface area contributed by atoms with E-state index in [0.717, 1.165) is 43.1 Å². The Morgan fingerprint density at radius 1 is 1.23 bits per heavy atom. The SMILES string of the molecule is CCCCC(CCCOc1ccc2[nH]c(=O)[nH]c2c1)C(N)=O. The van der Waals surface area contributed by atoms with Crippen molar-refractivity contribution in [3.05, 3.63) is 28.7 Å². The van der Waals surface area contributed by atoms with Gasteiger partial charge in [0.15, 0.2) is 0 Å². The van der Waals surface area contributed by atoms with Crippen molar-refractivity contribution >= 4 is 16.9 Å². The summed E-state index contributed by atoms with van der Waals surface area (Å²) in [6.45, 7) is 2.62. The van der Waals surface area contributed by atoms with E-state index in [1.807, 2.05) is 6.07 Å². The van der Waals surface area contributed by atoms with E-state index in [1.165, 1.54) is 0 Å². The van der Waals surface area contributed by atoms with Gasteiger partial charge in [-0.05, 0) is 31.4 Å². The highest BCUT2D eigenvalue weighted by molar-refractivity contribution is 5.76. The van der Waals surface area contributed by atoms with Crippen LogP contribution in [0.2, 0.25) is 0 Å². The van der Waals surface area contributed by atoms with Gasteiger partial charge in [0.1, 0.15) is 5.75 Å². The Morgan fingerprint density at radius 3 is 2.68 bits per heavy atom. The summed E-state index contributed by atoms with van der Waals surface area (Å²) in [6, 6.07) is 5.40. The van der Waals surface area contributed by atoms with Crippen LogP contribution in [-0.2, 0) is 4.79 Å². The third kappa shape index (κ3) is 4.38. The molecule has 2 rings (SSSR count). The lowest BCUT2D eigenvalue weighted by atomic mass is 9.96. The number of H-pyrrole nitrogens is 2. The molecule has 0 saturated carbocycles. The Morgan fingerprint density at radius 2 is 1.95 bits per heavy atom. The zero-order valence-electron chi connectivity index (χ0n) is 12.9. The van der Waals surface area contributed by atoms with E-state index >= 15 is 0 Å². The van der Waals surface area contributed by atoms with E-state index in [1.54, 1.807) is 12.1 Å². The molecular weight excluding hydrogens is 282 g/mol. The minimum atomic E-state index is -0.229. The first-order valence-electron chi connectivity index (χ1n) is 7.74. The first-order valence-corrected chi connectivity index (χ1v) is 7.74. The number of imidazole rings is 1. The number of unbranched alkanes of at least 4 members (excludes halogenated alkanes) is 1. The lowest BCUT2D eigenvalue weighted by molar-refractivity contribution is -0.122. The summed E-state index contributed by atoms with van der Waals surface area (Å²) in [5.74, 6) is 0.416. The number of nitrogens with one attached hydrogen (secondary N) is 2. The Hall–Kier alpha value is -2.24. The lowest BCUT2D eigenvalue weighted by Gasteiger charge is -2.13. The number of aromatic nitrogens is 2. The smallest absolute Gasteiger partial charge is 0.323 e. The van der Waals surface area contributed by atoms with Gasteiger partial charge < -0.3 is 20.4 Å². The molecule has 1 atom stereocenters. The number of rotatable bonds is 9. The molecule has 1 aromatic heterocycles. The molecule has 0 aliphatic carbocycles. The Balaban J connectivity index is 1.81. The molecular formula is C16H23N3O3. The molecule has 6 nitrogen and oxygen atoms in total. The Bertz CT molecular complexity index is 675. The molecule has 2 aromatic rings. The molecule has 120 valence electrons. The van der Waals surface area contributed by atoms with Gasteiger partial charge in [-0.3, -0.25) is 4.79 Å². The molecule has 4 N–H and O–H groups in total. The largest absolute Gasteiger partial charge is 0.494 e. The Labute approximate surface area is 129 Å². The number of aromatic amines is 2. The van der Waals surface area contributed by atoms with Crippen molar-refractivity contribution in [2.24, 2.45) is 11.7 Å². The molecule has 0 radical (unpaired) electrons. The van der Waals surface area contributed by atoms with Gasteiger partial charge in [0, 0.05) is 12.0 Å². The summed E-state index contributed by atoms with van der Waals surface area (Å²) in [7, 11) is 0. The number of amides is 1. The van der Waals surface area contributed by atoms with E-state index in [4.69, 9.17) is 10.5 Å². The van der Waals surface area contributed by atoms with Crippen molar-refractivity contribution in [3.63, 3.8) is 0 Å². The topological polar surface area (TPSA) is 101 Å². The number of nitrogens with two attached hydrogens (primary N) is 1. The highest BCUT2D eigenvalue weighted by atomic mass is 16.5. The number of hydrogen-bond donors (Lipinski definition) is 3. The van der Waals surface area contributed by atoms with Crippen LogP contribution in [0.1, 0.15) is 39.0 Å². The van der Waals surface area contributed by atoms with Gasteiger partial charge >= 0.3 is 5.69 Å². The molecule has 0 aliphatic rings.